The normalized spacial score (nSPS) is 15.2. The minimum atomic E-state index is -5.08. The molecule has 2 heterocycles. The highest BCUT2D eigenvalue weighted by Crippen LogP contribution is 2.69. The molecule has 0 atom stereocenters. The third-order valence-corrected chi connectivity index (χ3v) is 7.13. The molecule has 0 N–H and O–H groups in total. The lowest BCUT2D eigenvalue weighted by Crippen LogP contribution is -2.40. The molecule has 34 heavy (non-hydrogen) atoms. The van der Waals surface area contributed by atoms with Gasteiger partial charge in [-0.3, -0.25) is 18.6 Å². The Bertz CT molecular complexity index is 1140. The fourth-order valence-electron chi connectivity index (χ4n) is 3.41. The number of fused-ring (bicyclic) bond motifs is 1. The number of alkyl halides is 2. The van der Waals surface area contributed by atoms with Crippen molar-refractivity contribution in [2.24, 2.45) is 0 Å². The Balaban J connectivity index is 1.71. The first-order valence-electron chi connectivity index (χ1n) is 10.8. The Hall–Kier alpha value is -2.80. The maximum atomic E-state index is 16.0. The predicted octanol–water partition coefficient (Wildman–Crippen LogP) is 6.62. The second-order valence-electron chi connectivity index (χ2n) is 8.62. The first kappa shape index (κ1) is 24.3. The van der Waals surface area contributed by atoms with E-state index in [1.807, 2.05) is 0 Å². The Kier molecular flexibility index (Phi) is 6.76. The quantitative estimate of drug-likeness (QED) is 0.332. The van der Waals surface area contributed by atoms with E-state index in [4.69, 9.17) is 18.5 Å². The van der Waals surface area contributed by atoms with Gasteiger partial charge < -0.3 is 9.47 Å². The van der Waals surface area contributed by atoms with Crippen molar-refractivity contribution in [2.75, 3.05) is 6.61 Å². The molecule has 0 fully saturated rings. The van der Waals surface area contributed by atoms with E-state index in [1.165, 1.54) is 0 Å². The maximum Gasteiger partial charge on any atom is 0.405 e. The number of benzene rings is 2. The largest absolute Gasteiger partial charge is 0.485 e. The molecule has 4 rings (SSSR count). The highest BCUT2D eigenvalue weighted by Gasteiger charge is 2.58. The van der Waals surface area contributed by atoms with Crippen LogP contribution in [0.25, 0.3) is 0 Å². The van der Waals surface area contributed by atoms with E-state index in [2.05, 4.69) is 4.98 Å². The Labute approximate surface area is 197 Å². The van der Waals surface area contributed by atoms with Gasteiger partial charge in [0.25, 0.3) is 0 Å². The first-order chi connectivity index (χ1) is 16.1. The van der Waals surface area contributed by atoms with Gasteiger partial charge in [0, 0.05) is 6.20 Å². The highest BCUT2D eigenvalue weighted by atomic mass is 31.2. The summed E-state index contributed by atoms with van der Waals surface area (Å²) in [6.45, 7) is 4.56. The standard InChI is InChI=1S/C25H26F2NO5P/c1-18-22-23(30-17-24(2,3)33-22)21(14-28-18)25(26,27)34(29,31-15-19-10-6-4-7-11-19)32-16-20-12-8-5-9-13-20/h4-14H,15-17H2,1-3H3. The van der Waals surface area contributed by atoms with Gasteiger partial charge >= 0.3 is 13.3 Å². The number of pyridine rings is 1. The van der Waals surface area contributed by atoms with Crippen molar-refractivity contribution in [1.82, 2.24) is 4.98 Å². The molecular weight excluding hydrogens is 463 g/mol. The topological polar surface area (TPSA) is 66.9 Å². The molecule has 0 saturated carbocycles. The summed E-state index contributed by atoms with van der Waals surface area (Å²) < 4.78 is 68.1. The van der Waals surface area contributed by atoms with Gasteiger partial charge in [0.05, 0.1) is 24.5 Å². The molecule has 1 aliphatic heterocycles. The molecule has 180 valence electrons. The van der Waals surface area contributed by atoms with E-state index in [0.29, 0.717) is 16.8 Å². The predicted molar refractivity (Wildman–Crippen MR) is 123 cm³/mol. The van der Waals surface area contributed by atoms with Crippen LogP contribution in [0.4, 0.5) is 8.78 Å². The number of halogens is 2. The smallest absolute Gasteiger partial charge is 0.405 e. The molecular formula is C25H26F2NO5P. The fourth-order valence-corrected chi connectivity index (χ4v) is 4.90. The first-order valence-corrected chi connectivity index (χ1v) is 12.3. The molecule has 9 heteroatoms. The lowest BCUT2D eigenvalue weighted by Gasteiger charge is -2.35. The molecule has 0 radical (unpaired) electrons. The van der Waals surface area contributed by atoms with Crippen LogP contribution in [-0.2, 0) is 32.5 Å². The van der Waals surface area contributed by atoms with Crippen molar-refractivity contribution >= 4 is 7.60 Å². The van der Waals surface area contributed by atoms with Gasteiger partial charge in [-0.2, -0.15) is 8.78 Å². The number of hydrogen-bond donors (Lipinski definition) is 0. The van der Waals surface area contributed by atoms with Gasteiger partial charge in [0.1, 0.15) is 12.2 Å². The SMILES string of the molecule is Cc1ncc(C(F)(F)P(=O)(OCc2ccccc2)OCc2ccccc2)c2c1OC(C)(C)CO2. The molecule has 0 spiro atoms. The number of aryl methyl sites for hydroxylation is 1. The number of hydrogen-bond acceptors (Lipinski definition) is 6. The van der Waals surface area contributed by atoms with Crippen LogP contribution in [0.1, 0.15) is 36.2 Å². The van der Waals surface area contributed by atoms with Crippen molar-refractivity contribution in [3.8, 4) is 11.5 Å². The number of ether oxygens (including phenoxy) is 2. The van der Waals surface area contributed by atoms with E-state index in [0.717, 1.165) is 6.20 Å². The number of rotatable bonds is 8. The average Bonchev–Trinajstić information content (AvgIpc) is 2.82. The summed E-state index contributed by atoms with van der Waals surface area (Å²) in [7, 11) is -5.08. The van der Waals surface area contributed by atoms with Crippen LogP contribution < -0.4 is 9.47 Å². The Morgan fingerprint density at radius 2 is 1.50 bits per heavy atom. The summed E-state index contributed by atoms with van der Waals surface area (Å²) in [5.41, 5.74) is -3.96. The molecule has 6 nitrogen and oxygen atoms in total. The Morgan fingerprint density at radius 3 is 2.03 bits per heavy atom. The van der Waals surface area contributed by atoms with Crippen molar-refractivity contribution in [3.63, 3.8) is 0 Å². The minimum absolute atomic E-state index is 0.0343. The lowest BCUT2D eigenvalue weighted by atomic mass is 10.1. The highest BCUT2D eigenvalue weighted by molar-refractivity contribution is 7.54. The summed E-state index contributed by atoms with van der Waals surface area (Å²) in [5.74, 6) is -0.116. The molecule has 2 aromatic carbocycles. The average molecular weight is 489 g/mol. The third-order valence-electron chi connectivity index (χ3n) is 5.27. The van der Waals surface area contributed by atoms with Gasteiger partial charge in [-0.25, -0.2) is 0 Å². The maximum absolute atomic E-state index is 16.0. The monoisotopic (exact) mass is 489 g/mol. The summed E-state index contributed by atoms with van der Waals surface area (Å²) in [6.07, 6.45) is 0.945. The molecule has 0 bridgehead atoms. The zero-order chi connectivity index (χ0) is 24.4. The number of aromatic nitrogens is 1. The van der Waals surface area contributed by atoms with Gasteiger partial charge in [0.2, 0.25) is 0 Å². The molecule has 0 amide bonds. The minimum Gasteiger partial charge on any atom is -0.485 e. The lowest BCUT2D eigenvalue weighted by molar-refractivity contribution is 0.00319. The van der Waals surface area contributed by atoms with Crippen LogP contribution in [0, 0.1) is 6.92 Å². The van der Waals surface area contributed by atoms with Gasteiger partial charge in [-0.1, -0.05) is 60.7 Å². The zero-order valence-electron chi connectivity index (χ0n) is 19.2. The van der Waals surface area contributed by atoms with Crippen LogP contribution in [0.3, 0.4) is 0 Å². The molecule has 0 unspecified atom stereocenters. The van der Waals surface area contributed by atoms with Crippen molar-refractivity contribution in [3.05, 3.63) is 89.2 Å². The molecule has 1 aliphatic rings. The van der Waals surface area contributed by atoms with Crippen LogP contribution >= 0.6 is 7.60 Å². The summed E-state index contributed by atoms with van der Waals surface area (Å²) in [5, 5.41) is 0. The van der Waals surface area contributed by atoms with E-state index in [9.17, 15) is 4.57 Å². The van der Waals surface area contributed by atoms with Gasteiger partial charge in [-0.05, 0) is 31.9 Å². The molecule has 3 aromatic rings. The second kappa shape index (κ2) is 9.45. The second-order valence-corrected chi connectivity index (χ2v) is 10.7. The summed E-state index contributed by atoms with van der Waals surface area (Å²) in [4.78, 5) is 4.06. The fraction of sp³-hybridized carbons (Fsp3) is 0.320. The van der Waals surface area contributed by atoms with Gasteiger partial charge in [0.15, 0.2) is 11.5 Å². The van der Waals surface area contributed by atoms with Crippen molar-refractivity contribution in [1.29, 1.82) is 0 Å². The third kappa shape index (κ3) is 4.99. The van der Waals surface area contributed by atoms with Crippen molar-refractivity contribution < 1.29 is 31.9 Å². The van der Waals surface area contributed by atoms with E-state index in [-0.39, 0.29) is 31.3 Å². The van der Waals surface area contributed by atoms with E-state index < -0.39 is 24.4 Å². The van der Waals surface area contributed by atoms with E-state index >= 15 is 8.78 Å². The van der Waals surface area contributed by atoms with Crippen LogP contribution in [0.5, 0.6) is 11.5 Å². The summed E-state index contributed by atoms with van der Waals surface area (Å²) in [6, 6.07) is 17.3. The van der Waals surface area contributed by atoms with Gasteiger partial charge in [-0.15, -0.1) is 0 Å². The van der Waals surface area contributed by atoms with Crippen LogP contribution in [-0.4, -0.2) is 17.2 Å². The number of nitrogens with zero attached hydrogens (tertiary/aromatic N) is 1. The zero-order valence-corrected chi connectivity index (χ0v) is 20.1. The summed E-state index contributed by atoms with van der Waals surface area (Å²) >= 11 is 0. The molecule has 1 aromatic heterocycles. The van der Waals surface area contributed by atoms with Crippen LogP contribution in [0.15, 0.2) is 66.9 Å². The molecule has 0 saturated heterocycles. The molecule has 0 aliphatic carbocycles. The van der Waals surface area contributed by atoms with Crippen LogP contribution in [0.2, 0.25) is 0 Å². The van der Waals surface area contributed by atoms with Crippen molar-refractivity contribution in [2.45, 2.75) is 45.2 Å². The van der Waals surface area contributed by atoms with E-state index in [1.54, 1.807) is 81.4 Å². The Morgan fingerprint density at radius 1 is 0.971 bits per heavy atom.